The van der Waals surface area contributed by atoms with E-state index in [0.717, 1.165) is 19.1 Å². The molecule has 62 valence electrons. The Bertz CT molecular complexity index is 294. The minimum absolute atomic E-state index is 0.333. The average Bonchev–Trinajstić information content (AvgIpc) is 2.89. The summed E-state index contributed by atoms with van der Waals surface area (Å²) in [5.74, 6) is 0.558. The first kappa shape index (κ1) is 7.28. The number of carbonyl (C=O) groups is 1. The maximum Gasteiger partial charge on any atom is 0.214 e. The number of nitrogens with zero attached hydrogens (tertiary/aromatic N) is 1. The van der Waals surface area contributed by atoms with E-state index in [0.29, 0.717) is 17.7 Å². The first-order valence-corrected chi connectivity index (χ1v) is 3.97. The second-order valence-electron chi connectivity index (χ2n) is 2.84. The van der Waals surface area contributed by atoms with Crippen LogP contribution in [-0.4, -0.2) is 17.4 Å². The van der Waals surface area contributed by atoms with Crippen LogP contribution >= 0.6 is 0 Å². The molecule has 2 rings (SSSR count). The predicted molar refractivity (Wildman–Crippen MR) is 43.3 cm³/mol. The van der Waals surface area contributed by atoms with Gasteiger partial charge in [0.05, 0.1) is 0 Å². The summed E-state index contributed by atoms with van der Waals surface area (Å²) in [6, 6.07) is 5.20. The summed E-state index contributed by atoms with van der Waals surface area (Å²) in [6.45, 7) is 0. The van der Waals surface area contributed by atoms with Gasteiger partial charge in [0, 0.05) is 6.07 Å². The second kappa shape index (κ2) is 2.93. The van der Waals surface area contributed by atoms with Crippen LogP contribution in [0.5, 0.6) is 5.88 Å². The Hall–Kier alpha value is -1.38. The molecule has 3 heteroatoms. The molecule has 0 bridgehead atoms. The van der Waals surface area contributed by atoms with Crippen molar-refractivity contribution in [3.8, 4) is 5.88 Å². The molecule has 1 aromatic heterocycles. The highest BCUT2D eigenvalue weighted by Gasteiger charge is 2.23. The Morgan fingerprint density at radius 2 is 2.33 bits per heavy atom. The highest BCUT2D eigenvalue weighted by Crippen LogP contribution is 2.25. The second-order valence-corrected chi connectivity index (χ2v) is 2.84. The summed E-state index contributed by atoms with van der Waals surface area (Å²) in [6.07, 6.45) is 3.26. The van der Waals surface area contributed by atoms with Crippen LogP contribution < -0.4 is 4.74 Å². The molecule has 1 fully saturated rings. The lowest BCUT2D eigenvalue weighted by Crippen LogP contribution is -1.99. The minimum Gasteiger partial charge on any atom is -0.474 e. The molecule has 0 saturated heterocycles. The summed E-state index contributed by atoms with van der Waals surface area (Å²) >= 11 is 0. The maximum atomic E-state index is 10.3. The number of aldehydes is 1. The van der Waals surface area contributed by atoms with Crippen LogP contribution in [0, 0.1) is 0 Å². The van der Waals surface area contributed by atoms with E-state index in [1.807, 2.05) is 0 Å². The van der Waals surface area contributed by atoms with Crippen LogP contribution in [0.4, 0.5) is 0 Å². The molecular weight excluding hydrogens is 154 g/mol. The molecule has 0 aliphatic heterocycles. The zero-order valence-corrected chi connectivity index (χ0v) is 6.56. The molecule has 0 N–H and O–H groups in total. The van der Waals surface area contributed by atoms with Crippen molar-refractivity contribution in [1.29, 1.82) is 0 Å². The first-order chi connectivity index (χ1) is 5.88. The van der Waals surface area contributed by atoms with Crippen molar-refractivity contribution >= 4 is 6.29 Å². The van der Waals surface area contributed by atoms with Crippen LogP contribution in [0.1, 0.15) is 23.3 Å². The van der Waals surface area contributed by atoms with E-state index in [9.17, 15) is 4.79 Å². The van der Waals surface area contributed by atoms with E-state index in [1.54, 1.807) is 18.2 Å². The largest absolute Gasteiger partial charge is 0.474 e. The number of aromatic nitrogens is 1. The smallest absolute Gasteiger partial charge is 0.214 e. The van der Waals surface area contributed by atoms with E-state index < -0.39 is 0 Å². The van der Waals surface area contributed by atoms with Crippen LogP contribution in [0.15, 0.2) is 18.2 Å². The van der Waals surface area contributed by atoms with Crippen molar-refractivity contribution in [3.05, 3.63) is 23.9 Å². The molecule has 0 spiro atoms. The van der Waals surface area contributed by atoms with Crippen LogP contribution in [0.25, 0.3) is 0 Å². The first-order valence-electron chi connectivity index (χ1n) is 3.97. The Kier molecular flexibility index (Phi) is 1.78. The molecule has 1 aliphatic carbocycles. The van der Waals surface area contributed by atoms with Gasteiger partial charge < -0.3 is 4.74 Å². The van der Waals surface area contributed by atoms with Crippen molar-refractivity contribution in [3.63, 3.8) is 0 Å². The summed E-state index contributed by atoms with van der Waals surface area (Å²) in [7, 11) is 0. The molecule has 1 aromatic rings. The van der Waals surface area contributed by atoms with E-state index >= 15 is 0 Å². The maximum absolute atomic E-state index is 10.3. The fourth-order valence-electron chi connectivity index (χ4n) is 0.919. The topological polar surface area (TPSA) is 39.2 Å². The highest BCUT2D eigenvalue weighted by atomic mass is 16.5. The molecular formula is C9H9NO2. The number of pyridine rings is 1. The third kappa shape index (κ3) is 1.61. The summed E-state index contributed by atoms with van der Waals surface area (Å²) in [5, 5.41) is 0. The third-order valence-corrected chi connectivity index (χ3v) is 1.68. The van der Waals surface area contributed by atoms with Gasteiger partial charge in [0.2, 0.25) is 5.88 Å². The van der Waals surface area contributed by atoms with Crippen LogP contribution in [0.3, 0.4) is 0 Å². The monoisotopic (exact) mass is 163 g/mol. The number of carbonyl (C=O) groups excluding carboxylic acids is 1. The molecule has 1 saturated carbocycles. The number of rotatable bonds is 3. The number of hydrogen-bond acceptors (Lipinski definition) is 3. The van der Waals surface area contributed by atoms with Crippen molar-refractivity contribution < 1.29 is 9.53 Å². The van der Waals surface area contributed by atoms with Crippen molar-refractivity contribution in [2.45, 2.75) is 18.9 Å². The van der Waals surface area contributed by atoms with Crippen LogP contribution in [-0.2, 0) is 0 Å². The Morgan fingerprint density at radius 1 is 1.50 bits per heavy atom. The fraction of sp³-hybridized carbons (Fsp3) is 0.333. The third-order valence-electron chi connectivity index (χ3n) is 1.68. The zero-order valence-electron chi connectivity index (χ0n) is 6.56. The lowest BCUT2D eigenvalue weighted by atomic mass is 10.4. The van der Waals surface area contributed by atoms with Gasteiger partial charge in [-0.1, -0.05) is 6.07 Å². The molecule has 0 unspecified atom stereocenters. The normalized spacial score (nSPS) is 15.7. The van der Waals surface area contributed by atoms with Gasteiger partial charge in [-0.05, 0) is 18.9 Å². The number of hydrogen-bond donors (Lipinski definition) is 0. The molecule has 1 aliphatic rings. The standard InChI is InChI=1S/C9H9NO2/c11-6-7-2-1-3-9(10-7)12-8-4-5-8/h1-3,6,8H,4-5H2. The van der Waals surface area contributed by atoms with Crippen molar-refractivity contribution in [1.82, 2.24) is 4.98 Å². The lowest BCUT2D eigenvalue weighted by molar-refractivity contribution is 0.111. The van der Waals surface area contributed by atoms with Gasteiger partial charge in [0.1, 0.15) is 11.8 Å². The highest BCUT2D eigenvalue weighted by molar-refractivity contribution is 5.71. The molecule has 3 nitrogen and oxygen atoms in total. The number of ether oxygens (including phenoxy) is 1. The molecule has 0 atom stereocenters. The van der Waals surface area contributed by atoms with Crippen LogP contribution in [0.2, 0.25) is 0 Å². The lowest BCUT2D eigenvalue weighted by Gasteiger charge is -2.01. The van der Waals surface area contributed by atoms with Gasteiger partial charge in [0.25, 0.3) is 0 Å². The fourth-order valence-corrected chi connectivity index (χ4v) is 0.919. The van der Waals surface area contributed by atoms with Gasteiger partial charge in [-0.3, -0.25) is 4.79 Å². The molecule has 0 aromatic carbocycles. The quantitative estimate of drug-likeness (QED) is 0.633. The Balaban J connectivity index is 2.13. The van der Waals surface area contributed by atoms with Gasteiger partial charge in [-0.2, -0.15) is 0 Å². The SMILES string of the molecule is O=Cc1cccc(OC2CC2)n1. The van der Waals surface area contributed by atoms with E-state index in [2.05, 4.69) is 4.98 Å². The van der Waals surface area contributed by atoms with Crippen molar-refractivity contribution in [2.24, 2.45) is 0 Å². The van der Waals surface area contributed by atoms with E-state index in [4.69, 9.17) is 4.74 Å². The molecule has 0 radical (unpaired) electrons. The predicted octanol–water partition coefficient (Wildman–Crippen LogP) is 1.44. The summed E-state index contributed by atoms with van der Waals surface area (Å²) in [4.78, 5) is 14.3. The zero-order chi connectivity index (χ0) is 8.39. The Morgan fingerprint density at radius 3 is 3.00 bits per heavy atom. The van der Waals surface area contributed by atoms with Gasteiger partial charge in [-0.15, -0.1) is 0 Å². The van der Waals surface area contributed by atoms with Gasteiger partial charge in [0.15, 0.2) is 6.29 Å². The summed E-state index contributed by atoms with van der Waals surface area (Å²) < 4.78 is 5.40. The van der Waals surface area contributed by atoms with Gasteiger partial charge in [-0.25, -0.2) is 4.98 Å². The minimum atomic E-state index is 0.333. The molecule has 12 heavy (non-hydrogen) atoms. The van der Waals surface area contributed by atoms with Gasteiger partial charge >= 0.3 is 0 Å². The van der Waals surface area contributed by atoms with Crippen molar-refractivity contribution in [2.75, 3.05) is 0 Å². The Labute approximate surface area is 70.4 Å². The average molecular weight is 163 g/mol. The molecule has 1 heterocycles. The summed E-state index contributed by atoms with van der Waals surface area (Å²) in [5.41, 5.74) is 0.424. The molecule has 0 amide bonds. The van der Waals surface area contributed by atoms with E-state index in [-0.39, 0.29) is 0 Å². The van der Waals surface area contributed by atoms with E-state index in [1.165, 1.54) is 0 Å².